The summed E-state index contributed by atoms with van der Waals surface area (Å²) in [6, 6.07) is 0. The zero-order valence-corrected chi connectivity index (χ0v) is 13.8. The van der Waals surface area contributed by atoms with Crippen LogP contribution in [0.4, 0.5) is 13.2 Å². The van der Waals surface area contributed by atoms with Crippen molar-refractivity contribution in [2.45, 2.75) is 56.8 Å². The van der Waals surface area contributed by atoms with Crippen molar-refractivity contribution in [3.8, 4) is 0 Å². The third-order valence-electron chi connectivity index (χ3n) is 4.23. The van der Waals surface area contributed by atoms with Crippen molar-refractivity contribution < 1.29 is 22.7 Å². The maximum atomic E-state index is 13.0. The second kappa shape index (κ2) is 6.92. The molecule has 1 saturated carbocycles. The minimum Gasteiger partial charge on any atom is -0.368 e. The molecular formula is C15H19ClF3N3O2. The largest absolute Gasteiger partial charge is 0.436 e. The maximum absolute atomic E-state index is 13.0. The van der Waals surface area contributed by atoms with Gasteiger partial charge in [0.05, 0.1) is 10.7 Å². The molecule has 1 aliphatic heterocycles. The van der Waals surface area contributed by atoms with Gasteiger partial charge < -0.3 is 10.1 Å². The Kier molecular flexibility index (Phi) is 5.05. The number of amides is 1. The van der Waals surface area contributed by atoms with E-state index in [1.807, 2.05) is 0 Å². The SMILES string of the molecule is O=C(NCCCn1nc(C(F)(F)F)c(Cl)c1C1CC1)[C@H]1CCCO1. The molecule has 3 rings (SSSR count). The van der Waals surface area contributed by atoms with Crippen LogP contribution in [-0.4, -0.2) is 34.9 Å². The number of rotatable bonds is 6. The minimum atomic E-state index is -4.56. The number of aromatic nitrogens is 2. The van der Waals surface area contributed by atoms with Crippen LogP contribution in [0.3, 0.4) is 0 Å². The molecule has 2 aliphatic rings. The number of nitrogens with one attached hydrogen (secondary N) is 1. The number of carbonyl (C=O) groups is 1. The lowest BCUT2D eigenvalue weighted by atomic mass is 10.2. The smallest absolute Gasteiger partial charge is 0.368 e. The zero-order chi connectivity index (χ0) is 17.3. The lowest BCUT2D eigenvalue weighted by Crippen LogP contribution is -2.35. The monoisotopic (exact) mass is 365 g/mol. The molecule has 0 bridgehead atoms. The van der Waals surface area contributed by atoms with Crippen LogP contribution in [0.15, 0.2) is 0 Å². The Morgan fingerprint density at radius 2 is 2.12 bits per heavy atom. The molecule has 0 aromatic carbocycles. The van der Waals surface area contributed by atoms with E-state index >= 15 is 0 Å². The Balaban J connectivity index is 1.57. The van der Waals surface area contributed by atoms with E-state index in [0.717, 1.165) is 19.3 Å². The fourth-order valence-corrected chi connectivity index (χ4v) is 3.29. The molecule has 1 saturated heterocycles. The quantitative estimate of drug-likeness (QED) is 0.788. The van der Waals surface area contributed by atoms with Gasteiger partial charge in [-0.05, 0) is 32.1 Å². The average Bonchev–Trinajstić information content (AvgIpc) is 3.07. The number of carbonyl (C=O) groups excluding carboxylic acids is 1. The molecule has 2 fully saturated rings. The van der Waals surface area contributed by atoms with Crippen molar-refractivity contribution in [2.24, 2.45) is 0 Å². The Labute approximate surface area is 142 Å². The second-order valence-electron chi connectivity index (χ2n) is 6.19. The van der Waals surface area contributed by atoms with Crippen LogP contribution in [0.25, 0.3) is 0 Å². The number of hydrogen-bond donors (Lipinski definition) is 1. The van der Waals surface area contributed by atoms with Crippen LogP contribution in [0.2, 0.25) is 5.02 Å². The summed E-state index contributed by atoms with van der Waals surface area (Å²) in [7, 11) is 0. The average molecular weight is 366 g/mol. The van der Waals surface area contributed by atoms with Gasteiger partial charge in [0.2, 0.25) is 5.91 Å². The van der Waals surface area contributed by atoms with Gasteiger partial charge in [-0.15, -0.1) is 0 Å². The van der Waals surface area contributed by atoms with E-state index in [4.69, 9.17) is 16.3 Å². The van der Waals surface area contributed by atoms with E-state index in [1.54, 1.807) is 0 Å². The highest BCUT2D eigenvalue weighted by Gasteiger charge is 2.41. The fraction of sp³-hybridized carbons (Fsp3) is 0.733. The molecule has 0 radical (unpaired) electrons. The molecule has 1 aromatic rings. The number of aryl methyl sites for hydroxylation is 1. The summed E-state index contributed by atoms with van der Waals surface area (Å²) >= 11 is 5.91. The topological polar surface area (TPSA) is 56.2 Å². The van der Waals surface area contributed by atoms with E-state index in [1.165, 1.54) is 4.68 Å². The predicted molar refractivity (Wildman–Crippen MR) is 80.8 cm³/mol. The zero-order valence-electron chi connectivity index (χ0n) is 13.0. The first-order valence-corrected chi connectivity index (χ1v) is 8.48. The molecular weight excluding hydrogens is 347 g/mol. The van der Waals surface area contributed by atoms with Gasteiger partial charge in [0.25, 0.3) is 0 Å². The first kappa shape index (κ1) is 17.5. The summed E-state index contributed by atoms with van der Waals surface area (Å²) in [5.74, 6) is -0.105. The molecule has 5 nitrogen and oxygen atoms in total. The summed E-state index contributed by atoms with van der Waals surface area (Å²) in [6.45, 7) is 1.24. The predicted octanol–water partition coefficient (Wildman–Crippen LogP) is 3.12. The van der Waals surface area contributed by atoms with Crippen LogP contribution < -0.4 is 5.32 Å². The van der Waals surface area contributed by atoms with Crippen LogP contribution >= 0.6 is 11.6 Å². The van der Waals surface area contributed by atoms with Crippen molar-refractivity contribution in [3.05, 3.63) is 16.4 Å². The van der Waals surface area contributed by atoms with Crippen LogP contribution in [0.5, 0.6) is 0 Å². The molecule has 0 unspecified atom stereocenters. The van der Waals surface area contributed by atoms with Crippen LogP contribution in [0.1, 0.15) is 49.4 Å². The van der Waals surface area contributed by atoms with Crippen molar-refractivity contribution >= 4 is 17.5 Å². The van der Waals surface area contributed by atoms with Gasteiger partial charge in [0, 0.05) is 25.6 Å². The molecule has 9 heteroatoms. The van der Waals surface area contributed by atoms with Crippen LogP contribution in [-0.2, 0) is 22.3 Å². The molecule has 1 amide bonds. The van der Waals surface area contributed by atoms with Gasteiger partial charge in [-0.1, -0.05) is 11.6 Å². The highest BCUT2D eigenvalue weighted by atomic mass is 35.5. The Morgan fingerprint density at radius 3 is 2.71 bits per heavy atom. The normalized spacial score (nSPS) is 21.2. The van der Waals surface area contributed by atoms with Gasteiger partial charge >= 0.3 is 6.18 Å². The van der Waals surface area contributed by atoms with Gasteiger partial charge in [-0.2, -0.15) is 18.3 Å². The number of ether oxygens (including phenoxy) is 1. The second-order valence-corrected chi connectivity index (χ2v) is 6.57. The number of hydrogen-bond acceptors (Lipinski definition) is 3. The lowest BCUT2D eigenvalue weighted by Gasteiger charge is -2.11. The summed E-state index contributed by atoms with van der Waals surface area (Å²) in [5.41, 5.74) is -0.552. The minimum absolute atomic E-state index is 0.0579. The van der Waals surface area contributed by atoms with E-state index < -0.39 is 18.0 Å². The van der Waals surface area contributed by atoms with Crippen molar-refractivity contribution in [2.75, 3.05) is 13.2 Å². The highest BCUT2D eigenvalue weighted by molar-refractivity contribution is 6.32. The molecule has 1 aliphatic carbocycles. The van der Waals surface area contributed by atoms with Gasteiger partial charge in [0.15, 0.2) is 5.69 Å². The first-order valence-electron chi connectivity index (χ1n) is 8.10. The van der Waals surface area contributed by atoms with Crippen molar-refractivity contribution in [3.63, 3.8) is 0 Å². The van der Waals surface area contributed by atoms with Crippen LogP contribution in [0, 0.1) is 0 Å². The van der Waals surface area contributed by atoms with Crippen molar-refractivity contribution in [1.29, 1.82) is 0 Å². The number of alkyl halides is 3. The van der Waals surface area contributed by atoms with E-state index in [9.17, 15) is 18.0 Å². The van der Waals surface area contributed by atoms with Gasteiger partial charge in [0.1, 0.15) is 6.10 Å². The van der Waals surface area contributed by atoms with Gasteiger partial charge in [-0.25, -0.2) is 0 Å². The highest BCUT2D eigenvalue weighted by Crippen LogP contribution is 2.46. The van der Waals surface area contributed by atoms with Crippen molar-refractivity contribution in [1.82, 2.24) is 15.1 Å². The Morgan fingerprint density at radius 1 is 1.38 bits per heavy atom. The summed E-state index contributed by atoms with van der Waals surface area (Å²) in [4.78, 5) is 11.8. The van der Waals surface area contributed by atoms with E-state index in [2.05, 4.69) is 10.4 Å². The molecule has 24 heavy (non-hydrogen) atoms. The molecule has 0 spiro atoms. The standard InChI is InChI=1S/C15H19ClF3N3O2/c16-11-12(9-4-5-9)22(21-13(11)15(17,18)19)7-2-6-20-14(23)10-3-1-8-24-10/h9-10H,1-8H2,(H,20,23)/t10-/m1/s1. The first-order chi connectivity index (χ1) is 11.4. The number of nitrogens with zero attached hydrogens (tertiary/aromatic N) is 2. The van der Waals surface area contributed by atoms with Gasteiger partial charge in [-0.3, -0.25) is 9.48 Å². The summed E-state index contributed by atoms with van der Waals surface area (Å²) in [5, 5.41) is 6.13. The molecule has 1 N–H and O–H groups in total. The maximum Gasteiger partial charge on any atom is 0.436 e. The molecule has 1 aromatic heterocycles. The Bertz CT molecular complexity index is 608. The molecule has 2 heterocycles. The number of halogens is 4. The third kappa shape index (κ3) is 3.85. The third-order valence-corrected chi connectivity index (χ3v) is 4.60. The van der Waals surface area contributed by atoms with E-state index in [-0.39, 0.29) is 23.4 Å². The fourth-order valence-electron chi connectivity index (χ4n) is 2.89. The molecule has 134 valence electrons. The summed E-state index contributed by atoms with van der Waals surface area (Å²) in [6.07, 6.45) is -1.23. The van der Waals surface area contributed by atoms with E-state index in [0.29, 0.717) is 31.7 Å². The molecule has 1 atom stereocenters. The lowest BCUT2D eigenvalue weighted by molar-refractivity contribution is -0.141. The summed E-state index contributed by atoms with van der Waals surface area (Å²) < 4.78 is 45.5. The Hall–Kier alpha value is -1.28.